The first kappa shape index (κ1) is 20.8. The topological polar surface area (TPSA) is 69.0 Å². The third-order valence-electron chi connectivity index (χ3n) is 4.98. The van der Waals surface area contributed by atoms with Gasteiger partial charge in [0.15, 0.2) is 12.4 Å². The van der Waals surface area contributed by atoms with Crippen molar-refractivity contribution < 1.29 is 13.9 Å². The van der Waals surface area contributed by atoms with Gasteiger partial charge < -0.3 is 10.1 Å². The Hall–Kier alpha value is -4.04. The number of carbonyl (C=O) groups excluding carboxylic acids is 1. The molecular formula is C25H19FN4O2S. The number of thiazole rings is 1. The highest BCUT2D eigenvalue weighted by Crippen LogP contribution is 2.31. The van der Waals surface area contributed by atoms with E-state index in [1.807, 2.05) is 30.3 Å². The van der Waals surface area contributed by atoms with Crippen LogP contribution in [0.4, 0.5) is 10.1 Å². The van der Waals surface area contributed by atoms with Gasteiger partial charge in [-0.3, -0.25) is 4.79 Å². The summed E-state index contributed by atoms with van der Waals surface area (Å²) in [6, 6.07) is 21.1. The molecule has 1 N–H and O–H groups in total. The maximum absolute atomic E-state index is 13.0. The van der Waals surface area contributed by atoms with Crippen LogP contribution in [0, 0.1) is 12.7 Å². The minimum Gasteiger partial charge on any atom is -0.471 e. The van der Waals surface area contributed by atoms with Crippen molar-refractivity contribution in [2.24, 2.45) is 0 Å². The number of carbonyl (C=O) groups is 1. The molecule has 0 aliphatic rings. The van der Waals surface area contributed by atoms with E-state index in [1.54, 1.807) is 23.6 Å². The molecule has 2 aromatic heterocycles. The molecule has 0 bridgehead atoms. The second-order valence-corrected chi connectivity index (χ2v) is 8.52. The highest BCUT2D eigenvalue weighted by Gasteiger charge is 2.11. The summed E-state index contributed by atoms with van der Waals surface area (Å²) in [5.41, 5.74) is 4.12. The van der Waals surface area contributed by atoms with E-state index < -0.39 is 0 Å². The van der Waals surface area contributed by atoms with Crippen LogP contribution in [-0.2, 0) is 6.73 Å². The number of amides is 1. The quantitative estimate of drug-likeness (QED) is 0.344. The Morgan fingerprint density at radius 1 is 1.06 bits per heavy atom. The summed E-state index contributed by atoms with van der Waals surface area (Å²) < 4.78 is 21.2. The Labute approximate surface area is 193 Å². The molecule has 0 aliphatic carbocycles. The predicted octanol–water partition coefficient (Wildman–Crippen LogP) is 5.90. The van der Waals surface area contributed by atoms with Crippen LogP contribution >= 0.6 is 11.3 Å². The highest BCUT2D eigenvalue weighted by atomic mass is 32.1. The lowest BCUT2D eigenvalue weighted by atomic mass is 10.2. The largest absolute Gasteiger partial charge is 0.471 e. The smallest absolute Gasteiger partial charge is 0.276 e. The van der Waals surface area contributed by atoms with Crippen LogP contribution in [0.3, 0.4) is 0 Å². The van der Waals surface area contributed by atoms with Crippen molar-refractivity contribution in [3.05, 3.63) is 96.1 Å². The third kappa shape index (κ3) is 4.75. The van der Waals surface area contributed by atoms with E-state index in [0.717, 1.165) is 20.8 Å². The van der Waals surface area contributed by atoms with Gasteiger partial charge in [0.25, 0.3) is 5.91 Å². The van der Waals surface area contributed by atoms with Crippen molar-refractivity contribution in [1.29, 1.82) is 0 Å². The summed E-state index contributed by atoms with van der Waals surface area (Å²) in [5.74, 6) is -0.136. The van der Waals surface area contributed by atoms with Crippen molar-refractivity contribution in [1.82, 2.24) is 14.8 Å². The normalized spacial score (nSPS) is 11.0. The van der Waals surface area contributed by atoms with E-state index in [0.29, 0.717) is 11.4 Å². The van der Waals surface area contributed by atoms with E-state index in [1.165, 1.54) is 34.5 Å². The van der Waals surface area contributed by atoms with Gasteiger partial charge in [0.2, 0.25) is 0 Å². The molecule has 0 spiro atoms. The summed E-state index contributed by atoms with van der Waals surface area (Å²) in [6.45, 7) is 2.17. The minimum absolute atomic E-state index is 0.106. The average Bonchev–Trinajstić information content (AvgIpc) is 3.46. The number of anilines is 1. The summed E-state index contributed by atoms with van der Waals surface area (Å²) in [4.78, 5) is 17.3. The van der Waals surface area contributed by atoms with E-state index in [4.69, 9.17) is 9.72 Å². The molecular weight excluding hydrogens is 439 g/mol. The first-order valence-corrected chi connectivity index (χ1v) is 11.1. The lowest BCUT2D eigenvalue weighted by Crippen LogP contribution is -2.14. The molecule has 8 heteroatoms. The maximum atomic E-state index is 13.0. The molecule has 0 saturated carbocycles. The molecule has 3 aromatic carbocycles. The Morgan fingerprint density at radius 2 is 1.85 bits per heavy atom. The molecule has 164 valence electrons. The van der Waals surface area contributed by atoms with Gasteiger partial charge in [0.1, 0.15) is 16.6 Å². The second-order valence-electron chi connectivity index (χ2n) is 7.49. The van der Waals surface area contributed by atoms with Crippen molar-refractivity contribution in [2.75, 3.05) is 5.32 Å². The van der Waals surface area contributed by atoms with Crippen LogP contribution in [-0.4, -0.2) is 20.7 Å². The molecule has 0 unspecified atom stereocenters. The van der Waals surface area contributed by atoms with Gasteiger partial charge in [0.05, 0.1) is 10.2 Å². The van der Waals surface area contributed by atoms with E-state index >= 15 is 0 Å². The van der Waals surface area contributed by atoms with Crippen LogP contribution in [0.15, 0.2) is 79.0 Å². The number of hydrogen-bond acceptors (Lipinski definition) is 5. The summed E-state index contributed by atoms with van der Waals surface area (Å²) >= 11 is 1.65. The molecule has 0 fully saturated rings. The van der Waals surface area contributed by atoms with Crippen molar-refractivity contribution in [3.63, 3.8) is 0 Å². The number of aryl methyl sites for hydroxylation is 1. The number of aromatic nitrogens is 3. The second kappa shape index (κ2) is 8.84. The van der Waals surface area contributed by atoms with Gasteiger partial charge in [-0.05, 0) is 79.2 Å². The number of nitrogens with zero attached hydrogens (tertiary/aromatic N) is 3. The lowest BCUT2D eigenvalue weighted by molar-refractivity contribution is 0.102. The molecule has 33 heavy (non-hydrogen) atoms. The number of halogens is 1. The predicted molar refractivity (Wildman–Crippen MR) is 127 cm³/mol. The monoisotopic (exact) mass is 458 g/mol. The molecule has 0 aliphatic heterocycles. The fourth-order valence-electron chi connectivity index (χ4n) is 3.27. The maximum Gasteiger partial charge on any atom is 0.276 e. The fourth-order valence-corrected chi connectivity index (χ4v) is 4.34. The number of benzene rings is 3. The highest BCUT2D eigenvalue weighted by molar-refractivity contribution is 7.21. The van der Waals surface area contributed by atoms with E-state index in [9.17, 15) is 9.18 Å². The van der Waals surface area contributed by atoms with Gasteiger partial charge in [-0.25, -0.2) is 14.1 Å². The fraction of sp³-hybridized carbons (Fsp3) is 0.0800. The number of hydrogen-bond donors (Lipinski definition) is 1. The standard InChI is InChI=1S/C25H19FN4O2S/c1-16-2-11-21-23(14-16)33-25(28-21)17-3-7-19(8-4-17)27-24(31)22-12-13-30(29-22)15-32-20-9-5-18(26)6-10-20/h2-14H,15H2,1H3,(H,27,31). The van der Waals surface area contributed by atoms with Gasteiger partial charge in [-0.1, -0.05) is 6.07 Å². The van der Waals surface area contributed by atoms with Crippen LogP contribution in [0.25, 0.3) is 20.8 Å². The number of ether oxygens (including phenoxy) is 1. The molecule has 2 heterocycles. The Kier molecular flexibility index (Phi) is 5.58. The summed E-state index contributed by atoms with van der Waals surface area (Å²) in [7, 11) is 0. The summed E-state index contributed by atoms with van der Waals surface area (Å²) in [5, 5.41) is 8.02. The minimum atomic E-state index is -0.330. The van der Waals surface area contributed by atoms with E-state index in [2.05, 4.69) is 29.5 Å². The van der Waals surface area contributed by atoms with Crippen LogP contribution in [0.2, 0.25) is 0 Å². The van der Waals surface area contributed by atoms with Crippen molar-refractivity contribution >= 4 is 33.1 Å². The molecule has 6 nitrogen and oxygen atoms in total. The zero-order valence-electron chi connectivity index (χ0n) is 17.7. The number of fused-ring (bicyclic) bond motifs is 1. The van der Waals surface area contributed by atoms with Gasteiger partial charge in [-0.15, -0.1) is 11.3 Å². The molecule has 0 radical (unpaired) electrons. The zero-order valence-corrected chi connectivity index (χ0v) is 18.5. The lowest BCUT2D eigenvalue weighted by Gasteiger charge is -2.06. The van der Waals surface area contributed by atoms with E-state index in [-0.39, 0.29) is 24.1 Å². The molecule has 5 aromatic rings. The van der Waals surface area contributed by atoms with Crippen molar-refractivity contribution in [2.45, 2.75) is 13.7 Å². The number of nitrogens with one attached hydrogen (secondary N) is 1. The number of rotatable bonds is 6. The van der Waals surface area contributed by atoms with Gasteiger partial charge in [-0.2, -0.15) is 5.10 Å². The Bertz CT molecular complexity index is 1430. The van der Waals surface area contributed by atoms with Crippen molar-refractivity contribution in [3.8, 4) is 16.3 Å². The van der Waals surface area contributed by atoms with Gasteiger partial charge in [0, 0.05) is 17.4 Å². The average molecular weight is 459 g/mol. The molecule has 1 amide bonds. The Morgan fingerprint density at radius 3 is 2.64 bits per heavy atom. The molecule has 5 rings (SSSR count). The Balaban J connectivity index is 1.22. The van der Waals surface area contributed by atoms with Crippen LogP contribution in [0.1, 0.15) is 16.1 Å². The molecule has 0 saturated heterocycles. The zero-order chi connectivity index (χ0) is 22.8. The summed E-state index contributed by atoms with van der Waals surface area (Å²) in [6.07, 6.45) is 1.65. The first-order chi connectivity index (χ1) is 16.0. The van der Waals surface area contributed by atoms with Crippen LogP contribution < -0.4 is 10.1 Å². The van der Waals surface area contributed by atoms with Crippen LogP contribution in [0.5, 0.6) is 5.75 Å². The molecule has 0 atom stereocenters. The van der Waals surface area contributed by atoms with Gasteiger partial charge >= 0.3 is 0 Å². The first-order valence-electron chi connectivity index (χ1n) is 10.2. The third-order valence-corrected chi connectivity index (χ3v) is 6.05. The SMILES string of the molecule is Cc1ccc2nc(-c3ccc(NC(=O)c4ccn(COc5ccc(F)cc5)n4)cc3)sc2c1.